The first-order valence-corrected chi connectivity index (χ1v) is 3.79. The van der Waals surface area contributed by atoms with Crippen LogP contribution in [-0.2, 0) is 4.79 Å². The second kappa shape index (κ2) is 2.48. The number of rotatable bonds is 1. The Morgan fingerprint density at radius 3 is 3.00 bits per heavy atom. The number of hydrogen-bond acceptors (Lipinski definition) is 1. The van der Waals surface area contributed by atoms with Crippen LogP contribution in [0.3, 0.4) is 0 Å². The topological polar surface area (TPSA) is 37.3 Å². The third-order valence-corrected chi connectivity index (χ3v) is 2.05. The zero-order valence-corrected chi connectivity index (χ0v) is 6.40. The summed E-state index contributed by atoms with van der Waals surface area (Å²) in [5.41, 5.74) is 1.55. The van der Waals surface area contributed by atoms with Crippen molar-refractivity contribution < 1.29 is 9.90 Å². The van der Waals surface area contributed by atoms with Crippen LogP contribution < -0.4 is 0 Å². The lowest BCUT2D eigenvalue weighted by atomic mass is 9.94. The molecule has 0 bridgehead atoms. The van der Waals surface area contributed by atoms with E-state index >= 15 is 0 Å². The number of carboxylic acid groups (broad SMARTS) is 1. The highest BCUT2D eigenvalue weighted by Gasteiger charge is 2.16. The van der Waals surface area contributed by atoms with Gasteiger partial charge in [-0.2, -0.15) is 0 Å². The normalized spacial score (nSPS) is 24.8. The summed E-state index contributed by atoms with van der Waals surface area (Å²) in [6, 6.07) is 0. The van der Waals surface area contributed by atoms with Crippen LogP contribution in [0.4, 0.5) is 0 Å². The predicted molar refractivity (Wildman–Crippen MR) is 45.6 cm³/mol. The number of allylic oxidation sites excluding steroid dienone is 6. The predicted octanol–water partition coefficient (Wildman–Crippen LogP) is 1.68. The second-order valence-corrected chi connectivity index (χ2v) is 2.84. The van der Waals surface area contributed by atoms with Crippen LogP contribution in [0, 0.1) is 5.92 Å². The van der Waals surface area contributed by atoms with E-state index in [1.54, 1.807) is 12.2 Å². The minimum Gasteiger partial charge on any atom is -0.478 e. The van der Waals surface area contributed by atoms with Crippen molar-refractivity contribution in [2.75, 3.05) is 0 Å². The zero-order chi connectivity index (χ0) is 8.55. The van der Waals surface area contributed by atoms with Crippen molar-refractivity contribution in [1.82, 2.24) is 0 Å². The van der Waals surface area contributed by atoms with E-state index in [0.717, 1.165) is 0 Å². The number of fused-ring (bicyclic) bond motifs is 1. The molecule has 0 aromatic heterocycles. The van der Waals surface area contributed by atoms with E-state index in [2.05, 4.69) is 0 Å². The lowest BCUT2D eigenvalue weighted by Gasteiger charge is -2.10. The molecule has 0 aromatic carbocycles. The molecule has 0 radical (unpaired) electrons. The van der Waals surface area contributed by atoms with Crippen molar-refractivity contribution in [1.29, 1.82) is 0 Å². The maximum absolute atomic E-state index is 10.6. The van der Waals surface area contributed by atoms with Gasteiger partial charge < -0.3 is 5.11 Å². The molecule has 0 saturated heterocycles. The van der Waals surface area contributed by atoms with Gasteiger partial charge in [-0.05, 0) is 11.6 Å². The highest BCUT2D eigenvalue weighted by Crippen LogP contribution is 2.27. The maximum atomic E-state index is 10.6. The fourth-order valence-corrected chi connectivity index (χ4v) is 1.40. The molecule has 2 heteroatoms. The van der Waals surface area contributed by atoms with Gasteiger partial charge in [0.2, 0.25) is 0 Å². The molecule has 0 heterocycles. The van der Waals surface area contributed by atoms with E-state index < -0.39 is 5.97 Å². The van der Waals surface area contributed by atoms with Crippen LogP contribution in [0.15, 0.2) is 47.6 Å². The average Bonchev–Trinajstić information content (AvgIpc) is 2.49. The van der Waals surface area contributed by atoms with E-state index in [4.69, 9.17) is 5.11 Å². The summed E-state index contributed by atoms with van der Waals surface area (Å²) in [4.78, 5) is 10.6. The molecule has 0 amide bonds. The Kier molecular flexibility index (Phi) is 1.47. The quantitative estimate of drug-likeness (QED) is 0.633. The first-order valence-electron chi connectivity index (χ1n) is 3.79. The molecule has 60 valence electrons. The summed E-state index contributed by atoms with van der Waals surface area (Å²) < 4.78 is 0. The minimum atomic E-state index is -0.856. The Morgan fingerprint density at radius 2 is 2.25 bits per heavy atom. The summed E-state index contributed by atoms with van der Waals surface area (Å²) in [5, 5.41) is 8.70. The molecule has 1 N–H and O–H groups in total. The fourth-order valence-electron chi connectivity index (χ4n) is 1.40. The van der Waals surface area contributed by atoms with Crippen LogP contribution in [0.2, 0.25) is 0 Å². The summed E-state index contributed by atoms with van der Waals surface area (Å²) >= 11 is 0. The van der Waals surface area contributed by atoms with Crippen molar-refractivity contribution in [2.24, 2.45) is 5.92 Å². The second-order valence-electron chi connectivity index (χ2n) is 2.84. The number of aliphatic carboxylic acids is 1. The van der Waals surface area contributed by atoms with Crippen LogP contribution in [-0.4, -0.2) is 11.1 Å². The Morgan fingerprint density at radius 1 is 1.42 bits per heavy atom. The molecule has 1 unspecified atom stereocenters. The monoisotopic (exact) mass is 160 g/mol. The zero-order valence-electron chi connectivity index (χ0n) is 6.40. The molecule has 0 fully saturated rings. The molecule has 0 aliphatic heterocycles. The first kappa shape index (κ1) is 7.10. The van der Waals surface area contributed by atoms with Gasteiger partial charge in [-0.15, -0.1) is 0 Å². The lowest BCUT2D eigenvalue weighted by molar-refractivity contribution is -0.132. The summed E-state index contributed by atoms with van der Waals surface area (Å²) in [5.74, 6) is -0.674. The summed E-state index contributed by atoms with van der Waals surface area (Å²) in [6.07, 6.45) is 11.2. The van der Waals surface area contributed by atoms with E-state index in [0.29, 0.717) is 5.57 Å². The van der Waals surface area contributed by atoms with E-state index in [1.807, 2.05) is 24.3 Å². The molecule has 2 aliphatic carbocycles. The first-order chi connectivity index (χ1) is 5.77. The Balaban J connectivity index is 2.34. The Hall–Kier alpha value is -1.57. The minimum absolute atomic E-state index is 0.182. The van der Waals surface area contributed by atoms with E-state index in [-0.39, 0.29) is 5.92 Å². The smallest absolute Gasteiger partial charge is 0.335 e. The van der Waals surface area contributed by atoms with Gasteiger partial charge in [0.05, 0.1) is 5.57 Å². The molecular weight excluding hydrogens is 152 g/mol. The molecule has 1 atom stereocenters. The maximum Gasteiger partial charge on any atom is 0.335 e. The Labute approximate surface area is 70.2 Å². The highest BCUT2D eigenvalue weighted by atomic mass is 16.4. The van der Waals surface area contributed by atoms with E-state index in [9.17, 15) is 4.79 Å². The van der Waals surface area contributed by atoms with Gasteiger partial charge in [-0.25, -0.2) is 4.79 Å². The summed E-state index contributed by atoms with van der Waals surface area (Å²) in [6.45, 7) is 0. The standard InChI is InChI=1S/C10H8O2/c11-10(12)9-5-4-7-2-1-3-8(7)6-9/h1-6,8H,(H,11,12). The van der Waals surface area contributed by atoms with Gasteiger partial charge in [-0.1, -0.05) is 30.4 Å². The number of carbonyl (C=O) groups is 1. The largest absolute Gasteiger partial charge is 0.478 e. The molecule has 2 rings (SSSR count). The number of hydrogen-bond donors (Lipinski definition) is 1. The molecule has 12 heavy (non-hydrogen) atoms. The van der Waals surface area contributed by atoms with Crippen molar-refractivity contribution in [2.45, 2.75) is 0 Å². The molecule has 0 saturated carbocycles. The van der Waals surface area contributed by atoms with Crippen LogP contribution in [0.1, 0.15) is 0 Å². The molecular formula is C10H8O2. The Bertz CT molecular complexity index is 343. The molecule has 0 aromatic rings. The average molecular weight is 160 g/mol. The van der Waals surface area contributed by atoms with Crippen LogP contribution >= 0.6 is 0 Å². The van der Waals surface area contributed by atoms with Crippen LogP contribution in [0.25, 0.3) is 0 Å². The van der Waals surface area contributed by atoms with E-state index in [1.165, 1.54) is 5.57 Å². The lowest BCUT2D eigenvalue weighted by Crippen LogP contribution is -2.05. The van der Waals surface area contributed by atoms with Gasteiger partial charge in [-0.3, -0.25) is 0 Å². The third-order valence-electron chi connectivity index (χ3n) is 2.05. The highest BCUT2D eigenvalue weighted by molar-refractivity contribution is 5.90. The molecule has 0 spiro atoms. The molecule has 2 aliphatic rings. The van der Waals surface area contributed by atoms with Crippen molar-refractivity contribution in [3.63, 3.8) is 0 Å². The SMILES string of the molecule is O=C(O)C1=CC2C=CC=C2C=C1. The van der Waals surface area contributed by atoms with Crippen molar-refractivity contribution in [3.8, 4) is 0 Å². The van der Waals surface area contributed by atoms with Gasteiger partial charge in [0, 0.05) is 5.92 Å². The third kappa shape index (κ3) is 1.01. The number of carboxylic acids is 1. The van der Waals surface area contributed by atoms with Crippen LogP contribution in [0.5, 0.6) is 0 Å². The van der Waals surface area contributed by atoms with Gasteiger partial charge in [0.1, 0.15) is 0 Å². The van der Waals surface area contributed by atoms with Gasteiger partial charge in [0.15, 0.2) is 0 Å². The summed E-state index contributed by atoms with van der Waals surface area (Å²) in [7, 11) is 0. The fraction of sp³-hybridized carbons (Fsp3) is 0.100. The molecule has 2 nitrogen and oxygen atoms in total. The van der Waals surface area contributed by atoms with Crippen molar-refractivity contribution in [3.05, 3.63) is 47.6 Å². The van der Waals surface area contributed by atoms with Crippen molar-refractivity contribution >= 4 is 5.97 Å². The van der Waals surface area contributed by atoms with Gasteiger partial charge >= 0.3 is 5.97 Å². The van der Waals surface area contributed by atoms with Gasteiger partial charge in [0.25, 0.3) is 0 Å².